The molecule has 1 saturated heterocycles. The van der Waals surface area contributed by atoms with E-state index in [2.05, 4.69) is 34.0 Å². The summed E-state index contributed by atoms with van der Waals surface area (Å²) in [6.07, 6.45) is 8.36. The van der Waals surface area contributed by atoms with Crippen LogP contribution in [0.15, 0.2) is 54.9 Å². The Balaban J connectivity index is 0.000000331. The van der Waals surface area contributed by atoms with Gasteiger partial charge in [-0.15, -0.1) is 0 Å². The van der Waals surface area contributed by atoms with Crippen LogP contribution in [0.4, 0.5) is 4.39 Å². The van der Waals surface area contributed by atoms with Crippen LogP contribution in [0.5, 0.6) is 0 Å². The summed E-state index contributed by atoms with van der Waals surface area (Å²) >= 11 is 0. The van der Waals surface area contributed by atoms with E-state index in [4.69, 9.17) is 10.2 Å². The number of likely N-dealkylation sites (N-methyl/N-ethyl adjacent to an activating group) is 1. The normalized spacial score (nSPS) is 16.1. The van der Waals surface area contributed by atoms with Gasteiger partial charge in [-0.3, -0.25) is 4.98 Å². The summed E-state index contributed by atoms with van der Waals surface area (Å²) in [7, 11) is 2.19. The topological polar surface area (TPSA) is 94.0 Å². The number of allylic oxidation sites excluding steroid dienone is 1. The van der Waals surface area contributed by atoms with Gasteiger partial charge in [-0.1, -0.05) is 24.3 Å². The number of carbonyl (C=O) groups is 2. The van der Waals surface area contributed by atoms with Crippen molar-refractivity contribution in [3.8, 4) is 11.1 Å². The van der Waals surface area contributed by atoms with E-state index < -0.39 is 11.9 Å². The summed E-state index contributed by atoms with van der Waals surface area (Å²) in [5, 5.41) is 15.6. The third-order valence-corrected chi connectivity index (χ3v) is 5.80. The second kappa shape index (κ2) is 11.5. The quantitative estimate of drug-likeness (QED) is 0.649. The number of fused-ring (bicyclic) bond motifs is 1. The van der Waals surface area contributed by atoms with Gasteiger partial charge in [-0.25, -0.2) is 14.0 Å². The van der Waals surface area contributed by atoms with Gasteiger partial charge in [-0.05, 0) is 48.2 Å². The number of rotatable bonds is 6. The first kappa shape index (κ1) is 24.3. The molecule has 1 fully saturated rings. The zero-order valence-electron chi connectivity index (χ0n) is 18.6. The fourth-order valence-electron chi connectivity index (χ4n) is 4.02. The lowest BCUT2D eigenvalue weighted by Crippen LogP contribution is -2.44. The Morgan fingerprint density at radius 2 is 1.70 bits per heavy atom. The molecule has 1 aliphatic carbocycles. The fraction of sp³-hybridized carbons (Fsp3) is 0.320. The van der Waals surface area contributed by atoms with E-state index in [1.807, 2.05) is 12.1 Å². The molecular formula is C25H28FN3O4. The smallest absolute Gasteiger partial charge is 0.328 e. The molecule has 174 valence electrons. The maximum Gasteiger partial charge on any atom is 0.328 e. The molecule has 2 aromatic rings. The molecule has 0 atom stereocenters. The number of carboxylic acid groups (broad SMARTS) is 2. The predicted octanol–water partition coefficient (Wildman–Crippen LogP) is 3.18. The zero-order valence-corrected chi connectivity index (χ0v) is 18.6. The number of halogens is 1. The Morgan fingerprint density at radius 3 is 2.33 bits per heavy atom. The highest BCUT2D eigenvalue weighted by molar-refractivity contribution is 5.89. The number of benzene rings is 1. The second-order valence-corrected chi connectivity index (χ2v) is 8.03. The molecule has 0 bridgehead atoms. The number of hydrogen-bond donors (Lipinski definition) is 2. The molecule has 1 aromatic carbocycles. The summed E-state index contributed by atoms with van der Waals surface area (Å²) in [6.45, 7) is 5.72. The van der Waals surface area contributed by atoms with E-state index in [1.165, 1.54) is 22.9 Å². The number of nitrogens with zero attached hydrogens (tertiary/aromatic N) is 3. The van der Waals surface area contributed by atoms with Crippen LogP contribution in [-0.2, 0) is 16.0 Å². The van der Waals surface area contributed by atoms with Gasteiger partial charge in [0.05, 0.1) is 6.20 Å². The van der Waals surface area contributed by atoms with Crippen LogP contribution in [0, 0.1) is 5.82 Å². The minimum Gasteiger partial charge on any atom is -0.478 e. The fourth-order valence-corrected chi connectivity index (χ4v) is 4.02. The number of aromatic nitrogens is 1. The molecule has 1 aromatic heterocycles. The lowest BCUT2D eigenvalue weighted by atomic mass is 9.94. The standard InChI is InChI=1S/C21H24FN3.C4H4O4/c1-24-11-13-25(14-12-24)10-8-16-5-6-19-17(16)3-2-4-18(19)20-7-9-23-15-21(20)22;5-3(6)1-2-4(7)8/h2-5,7,9,15H,6,8,10-14H2,1H3;1-2H,(H,5,6)(H,7,8)/b;2-1-. The highest BCUT2D eigenvalue weighted by atomic mass is 19.1. The van der Waals surface area contributed by atoms with Crippen molar-refractivity contribution in [2.45, 2.75) is 12.8 Å². The Bertz CT molecular complexity index is 1040. The molecule has 1 aliphatic heterocycles. The van der Waals surface area contributed by atoms with Crippen LogP contribution in [0.2, 0.25) is 0 Å². The summed E-state index contributed by atoms with van der Waals surface area (Å²) in [4.78, 5) is 27.9. The lowest BCUT2D eigenvalue weighted by molar-refractivity contribution is -0.134. The first-order valence-electron chi connectivity index (χ1n) is 10.8. The van der Waals surface area contributed by atoms with Crippen molar-refractivity contribution in [3.05, 3.63) is 71.8 Å². The summed E-state index contributed by atoms with van der Waals surface area (Å²) < 4.78 is 14.2. The molecule has 8 heteroatoms. The third-order valence-electron chi connectivity index (χ3n) is 5.80. The number of piperazine rings is 1. The number of hydrogen-bond acceptors (Lipinski definition) is 5. The first-order chi connectivity index (χ1) is 15.8. The highest BCUT2D eigenvalue weighted by Crippen LogP contribution is 2.37. The molecule has 33 heavy (non-hydrogen) atoms. The van der Waals surface area contributed by atoms with Crippen molar-refractivity contribution in [3.63, 3.8) is 0 Å². The third kappa shape index (κ3) is 6.81. The van der Waals surface area contributed by atoms with Gasteiger partial charge in [0, 0.05) is 56.6 Å². The van der Waals surface area contributed by atoms with E-state index in [1.54, 1.807) is 12.3 Å². The van der Waals surface area contributed by atoms with E-state index in [-0.39, 0.29) is 5.82 Å². The van der Waals surface area contributed by atoms with E-state index >= 15 is 0 Å². The van der Waals surface area contributed by atoms with Gasteiger partial charge in [-0.2, -0.15) is 0 Å². The Labute approximate surface area is 192 Å². The molecule has 0 spiro atoms. The van der Waals surface area contributed by atoms with Crippen molar-refractivity contribution >= 4 is 17.5 Å². The van der Waals surface area contributed by atoms with Gasteiger partial charge in [0.15, 0.2) is 0 Å². The maximum absolute atomic E-state index is 14.2. The van der Waals surface area contributed by atoms with Crippen molar-refractivity contribution in [2.75, 3.05) is 39.8 Å². The van der Waals surface area contributed by atoms with Crippen molar-refractivity contribution in [1.29, 1.82) is 0 Å². The molecule has 0 amide bonds. The average molecular weight is 454 g/mol. The Hall–Kier alpha value is -3.36. The van der Waals surface area contributed by atoms with E-state index in [0.717, 1.165) is 51.1 Å². The van der Waals surface area contributed by atoms with E-state index in [0.29, 0.717) is 17.7 Å². The maximum atomic E-state index is 14.2. The van der Waals surface area contributed by atoms with Gasteiger partial charge < -0.3 is 20.0 Å². The second-order valence-electron chi connectivity index (χ2n) is 8.03. The zero-order chi connectivity index (χ0) is 23.8. The van der Waals surface area contributed by atoms with Crippen LogP contribution in [-0.4, -0.2) is 76.7 Å². The largest absolute Gasteiger partial charge is 0.478 e. The van der Waals surface area contributed by atoms with Gasteiger partial charge in [0.25, 0.3) is 0 Å². The summed E-state index contributed by atoms with van der Waals surface area (Å²) in [5.74, 6) is -2.76. The van der Waals surface area contributed by atoms with Gasteiger partial charge in [0.1, 0.15) is 5.82 Å². The number of carboxylic acids is 2. The van der Waals surface area contributed by atoms with Crippen molar-refractivity contribution in [1.82, 2.24) is 14.8 Å². The molecular weight excluding hydrogens is 425 g/mol. The Morgan fingerprint density at radius 1 is 1.03 bits per heavy atom. The average Bonchev–Trinajstić information content (AvgIpc) is 3.21. The summed E-state index contributed by atoms with van der Waals surface area (Å²) in [6, 6.07) is 8.02. The molecule has 2 aliphatic rings. The van der Waals surface area contributed by atoms with Crippen LogP contribution >= 0.6 is 0 Å². The SMILES string of the molecule is CN1CCN(CCC2=CCc3c2cccc3-c2ccncc2F)CC1.O=C(O)/C=C\C(=O)O. The van der Waals surface area contributed by atoms with Crippen LogP contribution in [0.3, 0.4) is 0 Å². The number of pyridine rings is 1. The minimum absolute atomic E-state index is 0.248. The van der Waals surface area contributed by atoms with Crippen LogP contribution in [0.25, 0.3) is 16.7 Å². The summed E-state index contributed by atoms with van der Waals surface area (Å²) in [5.41, 5.74) is 5.61. The monoisotopic (exact) mass is 453 g/mol. The molecule has 2 N–H and O–H groups in total. The molecule has 4 rings (SSSR count). The van der Waals surface area contributed by atoms with Crippen molar-refractivity contribution < 1.29 is 24.2 Å². The molecule has 2 heterocycles. The van der Waals surface area contributed by atoms with Crippen molar-refractivity contribution in [2.24, 2.45) is 0 Å². The van der Waals surface area contributed by atoms with Gasteiger partial charge >= 0.3 is 11.9 Å². The van der Waals surface area contributed by atoms with Gasteiger partial charge in [0.2, 0.25) is 0 Å². The number of aliphatic carboxylic acids is 2. The first-order valence-corrected chi connectivity index (χ1v) is 10.8. The predicted molar refractivity (Wildman–Crippen MR) is 124 cm³/mol. The lowest BCUT2D eigenvalue weighted by Gasteiger charge is -2.32. The molecule has 0 radical (unpaired) electrons. The Kier molecular flexibility index (Phi) is 8.46. The molecule has 0 unspecified atom stereocenters. The van der Waals surface area contributed by atoms with Crippen LogP contribution < -0.4 is 0 Å². The van der Waals surface area contributed by atoms with Crippen LogP contribution in [0.1, 0.15) is 17.5 Å². The molecule has 7 nitrogen and oxygen atoms in total. The molecule has 0 saturated carbocycles. The highest BCUT2D eigenvalue weighted by Gasteiger charge is 2.20. The minimum atomic E-state index is -1.26. The van der Waals surface area contributed by atoms with E-state index in [9.17, 15) is 14.0 Å².